The first kappa shape index (κ1) is 20.6. The molecular weight excluding hydrogens is 366 g/mol. The maximum absolute atomic E-state index is 12.9. The molecule has 1 aliphatic heterocycles. The third-order valence-corrected chi connectivity index (χ3v) is 5.36. The van der Waals surface area contributed by atoms with Crippen molar-refractivity contribution in [2.24, 2.45) is 0 Å². The molecule has 6 heteroatoms. The highest BCUT2D eigenvalue weighted by Gasteiger charge is 2.23. The van der Waals surface area contributed by atoms with Gasteiger partial charge in [-0.3, -0.25) is 14.4 Å². The van der Waals surface area contributed by atoms with Crippen molar-refractivity contribution in [3.63, 3.8) is 0 Å². The number of amides is 3. The van der Waals surface area contributed by atoms with Crippen LogP contribution in [-0.4, -0.2) is 53.7 Å². The normalized spacial score (nSPS) is 13.9. The molecule has 1 N–H and O–H groups in total. The third kappa shape index (κ3) is 4.65. The highest BCUT2D eigenvalue weighted by atomic mass is 16.2. The van der Waals surface area contributed by atoms with Crippen LogP contribution in [0.15, 0.2) is 42.5 Å². The maximum atomic E-state index is 12.9. The lowest BCUT2D eigenvalue weighted by atomic mass is 10.0. The summed E-state index contributed by atoms with van der Waals surface area (Å²) in [5, 5.41) is 3.00. The van der Waals surface area contributed by atoms with Gasteiger partial charge < -0.3 is 15.1 Å². The van der Waals surface area contributed by atoms with Gasteiger partial charge >= 0.3 is 0 Å². The molecule has 29 heavy (non-hydrogen) atoms. The van der Waals surface area contributed by atoms with E-state index in [9.17, 15) is 14.4 Å². The summed E-state index contributed by atoms with van der Waals surface area (Å²) in [6, 6.07) is 12.8. The van der Waals surface area contributed by atoms with Crippen molar-refractivity contribution in [2.75, 3.05) is 31.5 Å². The molecule has 3 amide bonds. The number of nitrogens with zero attached hydrogens (tertiary/aromatic N) is 2. The van der Waals surface area contributed by atoms with E-state index in [0.717, 1.165) is 23.2 Å². The van der Waals surface area contributed by atoms with E-state index in [2.05, 4.69) is 12.2 Å². The zero-order chi connectivity index (χ0) is 21.0. The summed E-state index contributed by atoms with van der Waals surface area (Å²) in [6.45, 7) is 7.63. The molecule has 0 aliphatic carbocycles. The molecule has 1 aliphatic rings. The first-order valence-electron chi connectivity index (χ1n) is 9.95. The quantitative estimate of drug-likeness (QED) is 0.868. The molecule has 0 aromatic heterocycles. The number of para-hydroxylation sites is 1. The van der Waals surface area contributed by atoms with Crippen molar-refractivity contribution >= 4 is 23.4 Å². The van der Waals surface area contributed by atoms with Gasteiger partial charge in [0.2, 0.25) is 5.91 Å². The summed E-state index contributed by atoms with van der Waals surface area (Å²) in [5.74, 6) is -0.323. The zero-order valence-electron chi connectivity index (χ0n) is 17.2. The average molecular weight is 393 g/mol. The number of hydrogen-bond donors (Lipinski definition) is 1. The van der Waals surface area contributed by atoms with E-state index >= 15 is 0 Å². The molecule has 2 aromatic carbocycles. The molecule has 0 atom stereocenters. The second-order valence-electron chi connectivity index (χ2n) is 7.30. The topological polar surface area (TPSA) is 69.7 Å². The maximum Gasteiger partial charge on any atom is 0.255 e. The van der Waals surface area contributed by atoms with Gasteiger partial charge in [-0.25, -0.2) is 0 Å². The molecule has 1 heterocycles. The van der Waals surface area contributed by atoms with Crippen molar-refractivity contribution in [1.82, 2.24) is 9.80 Å². The fourth-order valence-corrected chi connectivity index (χ4v) is 3.59. The number of carbonyl (C=O) groups is 3. The monoisotopic (exact) mass is 393 g/mol. The van der Waals surface area contributed by atoms with Gasteiger partial charge in [0.1, 0.15) is 0 Å². The van der Waals surface area contributed by atoms with Gasteiger partial charge in [0.15, 0.2) is 0 Å². The van der Waals surface area contributed by atoms with E-state index < -0.39 is 0 Å². The number of benzene rings is 2. The predicted octanol–water partition coefficient (Wildman–Crippen LogP) is 3.11. The van der Waals surface area contributed by atoms with Gasteiger partial charge in [-0.05, 0) is 42.7 Å². The van der Waals surface area contributed by atoms with Crippen LogP contribution in [0, 0.1) is 6.92 Å². The Morgan fingerprint density at radius 3 is 2.21 bits per heavy atom. The van der Waals surface area contributed by atoms with Gasteiger partial charge in [-0.1, -0.05) is 31.2 Å². The van der Waals surface area contributed by atoms with Crippen molar-refractivity contribution in [2.45, 2.75) is 27.2 Å². The van der Waals surface area contributed by atoms with Gasteiger partial charge in [-0.15, -0.1) is 0 Å². The van der Waals surface area contributed by atoms with Crippen molar-refractivity contribution < 1.29 is 14.4 Å². The molecule has 0 radical (unpaired) electrons. The predicted molar refractivity (Wildman–Crippen MR) is 113 cm³/mol. The summed E-state index contributed by atoms with van der Waals surface area (Å²) in [5.41, 5.74) is 3.84. The number of aryl methyl sites for hydroxylation is 2. The Kier molecular flexibility index (Phi) is 6.32. The average Bonchev–Trinajstić information content (AvgIpc) is 2.74. The van der Waals surface area contributed by atoms with Crippen LogP contribution in [-0.2, 0) is 11.2 Å². The molecular formula is C23H27N3O3. The highest BCUT2D eigenvalue weighted by Crippen LogP contribution is 2.22. The van der Waals surface area contributed by atoms with Crippen molar-refractivity contribution in [3.8, 4) is 0 Å². The number of hydrogen-bond acceptors (Lipinski definition) is 3. The second-order valence-corrected chi connectivity index (χ2v) is 7.30. The Hall–Kier alpha value is -3.15. The van der Waals surface area contributed by atoms with Crippen molar-refractivity contribution in [1.29, 1.82) is 0 Å². The summed E-state index contributed by atoms with van der Waals surface area (Å²) in [7, 11) is 0. The lowest BCUT2D eigenvalue weighted by molar-refractivity contribution is -0.130. The molecule has 0 unspecified atom stereocenters. The van der Waals surface area contributed by atoms with E-state index in [-0.39, 0.29) is 17.7 Å². The Balaban J connectivity index is 1.73. The molecule has 0 bridgehead atoms. The first-order valence-corrected chi connectivity index (χ1v) is 9.95. The molecule has 1 fully saturated rings. The summed E-state index contributed by atoms with van der Waals surface area (Å²) in [6.07, 6.45) is 0.821. The number of rotatable bonds is 4. The van der Waals surface area contributed by atoms with E-state index in [4.69, 9.17) is 0 Å². The van der Waals surface area contributed by atoms with Crippen molar-refractivity contribution in [3.05, 3.63) is 64.7 Å². The lowest BCUT2D eigenvalue weighted by Gasteiger charge is -2.34. The summed E-state index contributed by atoms with van der Waals surface area (Å²) in [4.78, 5) is 40.6. The van der Waals surface area contributed by atoms with Crippen LogP contribution in [0.25, 0.3) is 0 Å². The van der Waals surface area contributed by atoms with Crippen LogP contribution in [0.4, 0.5) is 5.69 Å². The van der Waals surface area contributed by atoms with E-state index in [1.807, 2.05) is 25.1 Å². The molecule has 6 nitrogen and oxygen atoms in total. The number of anilines is 1. The van der Waals surface area contributed by atoms with E-state index in [0.29, 0.717) is 37.3 Å². The summed E-state index contributed by atoms with van der Waals surface area (Å²) >= 11 is 0. The SMILES string of the molecule is CCc1cccc(C)c1NC(=O)c1cccc(C(=O)N2CCN(C(C)=O)CC2)c1. The Morgan fingerprint density at radius 2 is 1.55 bits per heavy atom. The molecule has 1 saturated heterocycles. The fraction of sp³-hybridized carbons (Fsp3) is 0.348. The second kappa shape index (κ2) is 8.90. The van der Waals surface area contributed by atoms with Gasteiger partial charge in [0.05, 0.1) is 0 Å². The first-order chi connectivity index (χ1) is 13.9. The highest BCUT2D eigenvalue weighted by molar-refractivity contribution is 6.06. The molecule has 0 spiro atoms. The fourth-order valence-electron chi connectivity index (χ4n) is 3.59. The number of nitrogens with one attached hydrogen (secondary N) is 1. The standard InChI is InChI=1S/C23H27N3O3/c1-4-18-8-5-7-16(2)21(18)24-22(28)19-9-6-10-20(15-19)23(29)26-13-11-25(12-14-26)17(3)27/h5-10,15H,4,11-14H2,1-3H3,(H,24,28). The molecule has 3 rings (SSSR count). The Labute approximate surface area is 171 Å². The van der Waals surface area contributed by atoms with Gasteiger partial charge in [-0.2, -0.15) is 0 Å². The van der Waals surface area contributed by atoms with Crippen LogP contribution in [0.2, 0.25) is 0 Å². The number of carbonyl (C=O) groups excluding carboxylic acids is 3. The third-order valence-electron chi connectivity index (χ3n) is 5.36. The largest absolute Gasteiger partial charge is 0.339 e. The Bertz CT molecular complexity index is 931. The van der Waals surface area contributed by atoms with Gasteiger partial charge in [0, 0.05) is 49.9 Å². The smallest absolute Gasteiger partial charge is 0.255 e. The van der Waals surface area contributed by atoms with Gasteiger partial charge in [0.25, 0.3) is 11.8 Å². The van der Waals surface area contributed by atoms with E-state index in [1.54, 1.807) is 34.1 Å². The summed E-state index contributed by atoms with van der Waals surface area (Å²) < 4.78 is 0. The van der Waals surface area contributed by atoms with Crippen LogP contribution in [0.5, 0.6) is 0 Å². The zero-order valence-corrected chi connectivity index (χ0v) is 17.2. The van der Waals surface area contributed by atoms with Crippen LogP contribution >= 0.6 is 0 Å². The molecule has 2 aromatic rings. The minimum atomic E-state index is -0.231. The van der Waals surface area contributed by atoms with Crippen LogP contribution in [0.1, 0.15) is 45.7 Å². The van der Waals surface area contributed by atoms with E-state index in [1.165, 1.54) is 6.92 Å². The Morgan fingerprint density at radius 1 is 0.931 bits per heavy atom. The van der Waals surface area contributed by atoms with Crippen LogP contribution < -0.4 is 5.32 Å². The minimum Gasteiger partial charge on any atom is -0.339 e. The lowest BCUT2D eigenvalue weighted by Crippen LogP contribution is -2.50. The number of piperazine rings is 1. The molecule has 152 valence electrons. The molecule has 0 saturated carbocycles. The minimum absolute atomic E-state index is 0.0263. The van der Waals surface area contributed by atoms with Crippen LogP contribution in [0.3, 0.4) is 0 Å².